The number of rotatable bonds is 5. The largest absolute Gasteiger partial charge is 0.496 e. The van der Waals surface area contributed by atoms with E-state index >= 15 is 0 Å². The molecular weight excluding hydrogens is 432 g/mol. The number of nitrogens with one attached hydrogen (secondary N) is 1. The zero-order valence-corrected chi connectivity index (χ0v) is 20.3. The second kappa shape index (κ2) is 9.56. The molecule has 1 unspecified atom stereocenters. The molecule has 2 amide bonds. The first-order chi connectivity index (χ1) is 16.5. The number of carbonyl (C=O) groups is 2. The van der Waals surface area contributed by atoms with Crippen molar-refractivity contribution in [1.29, 1.82) is 0 Å². The number of likely N-dealkylation sites (tertiary alicyclic amines) is 1. The van der Waals surface area contributed by atoms with Gasteiger partial charge in [-0.2, -0.15) is 0 Å². The summed E-state index contributed by atoms with van der Waals surface area (Å²) in [6, 6.07) is 3.13. The molecule has 34 heavy (non-hydrogen) atoms. The van der Waals surface area contributed by atoms with Crippen LogP contribution >= 0.6 is 0 Å². The molecule has 1 aromatic carbocycles. The minimum Gasteiger partial charge on any atom is -0.496 e. The Balaban J connectivity index is 1.45. The van der Waals surface area contributed by atoms with E-state index in [1.54, 1.807) is 23.3 Å². The standard InChI is InChI=1S/C26H36N4O4/c1-28-24-19(30(26(28)33)20-9-11-22(31)27-25(20)32)8-10-21(34-2)23(24)18-12-14-29(15-13-18)16-17-6-4-3-5-7-17/h8,10,17-18,20H,3-7,9,11-16H2,1-2H3,(H,27,31,32). The van der Waals surface area contributed by atoms with Crippen LogP contribution in [-0.4, -0.2) is 52.6 Å². The first-order valence-corrected chi connectivity index (χ1v) is 12.8. The number of nitrogens with zero attached hydrogens (tertiary/aromatic N) is 3. The third kappa shape index (κ3) is 4.17. The molecule has 0 bridgehead atoms. The highest BCUT2D eigenvalue weighted by molar-refractivity contribution is 6.00. The third-order valence-corrected chi connectivity index (χ3v) is 8.22. The number of hydrogen-bond donors (Lipinski definition) is 1. The second-order valence-corrected chi connectivity index (χ2v) is 10.3. The lowest BCUT2D eigenvalue weighted by Gasteiger charge is -2.36. The molecule has 1 saturated carbocycles. The predicted octanol–water partition coefficient (Wildman–Crippen LogP) is 3.09. The predicted molar refractivity (Wildman–Crippen MR) is 130 cm³/mol. The molecule has 3 aliphatic rings. The van der Waals surface area contributed by atoms with Crippen molar-refractivity contribution in [2.45, 2.75) is 69.7 Å². The molecule has 184 valence electrons. The Morgan fingerprint density at radius 3 is 2.41 bits per heavy atom. The van der Waals surface area contributed by atoms with E-state index in [1.165, 1.54) is 38.6 Å². The highest BCUT2D eigenvalue weighted by Crippen LogP contribution is 2.40. The molecule has 1 N–H and O–H groups in total. The number of benzene rings is 1. The SMILES string of the molecule is COc1ccc2c(c1C1CCN(CC3CCCCC3)CC1)n(C)c(=O)n2C1CCC(=O)NC1=O. The first-order valence-electron chi connectivity index (χ1n) is 12.8. The summed E-state index contributed by atoms with van der Waals surface area (Å²) in [6.45, 7) is 3.32. The molecule has 0 spiro atoms. The summed E-state index contributed by atoms with van der Waals surface area (Å²) in [7, 11) is 3.45. The fraction of sp³-hybridized carbons (Fsp3) is 0.654. The van der Waals surface area contributed by atoms with Crippen LogP contribution < -0.4 is 15.7 Å². The van der Waals surface area contributed by atoms with Crippen molar-refractivity contribution < 1.29 is 14.3 Å². The minimum atomic E-state index is -0.674. The molecule has 1 aromatic heterocycles. The van der Waals surface area contributed by atoms with E-state index in [-0.39, 0.29) is 18.0 Å². The Hall–Kier alpha value is -2.61. The van der Waals surface area contributed by atoms with Crippen LogP contribution in [0.2, 0.25) is 0 Å². The summed E-state index contributed by atoms with van der Waals surface area (Å²) in [5, 5.41) is 2.39. The van der Waals surface area contributed by atoms with Gasteiger partial charge in [-0.15, -0.1) is 0 Å². The molecule has 3 heterocycles. The van der Waals surface area contributed by atoms with E-state index < -0.39 is 11.9 Å². The van der Waals surface area contributed by atoms with Crippen LogP contribution in [0.3, 0.4) is 0 Å². The maximum absolute atomic E-state index is 13.3. The van der Waals surface area contributed by atoms with Crippen LogP contribution in [0.5, 0.6) is 5.75 Å². The van der Waals surface area contributed by atoms with Crippen LogP contribution in [-0.2, 0) is 16.6 Å². The van der Waals surface area contributed by atoms with Crippen molar-refractivity contribution in [2.75, 3.05) is 26.7 Å². The fourth-order valence-electron chi connectivity index (χ4n) is 6.43. The highest BCUT2D eigenvalue weighted by Gasteiger charge is 2.34. The van der Waals surface area contributed by atoms with Crippen LogP contribution in [0.1, 0.15) is 75.3 Å². The van der Waals surface area contributed by atoms with E-state index in [1.807, 2.05) is 12.1 Å². The lowest BCUT2D eigenvalue weighted by molar-refractivity contribution is -0.135. The summed E-state index contributed by atoms with van der Waals surface area (Å²) < 4.78 is 9.00. The number of aromatic nitrogens is 2. The van der Waals surface area contributed by atoms with Gasteiger partial charge in [0.15, 0.2) is 0 Å². The molecule has 1 aliphatic carbocycles. The van der Waals surface area contributed by atoms with Crippen LogP contribution in [0.15, 0.2) is 16.9 Å². The molecule has 2 aromatic rings. The zero-order valence-electron chi connectivity index (χ0n) is 20.3. The maximum Gasteiger partial charge on any atom is 0.329 e. The number of carbonyl (C=O) groups excluding carboxylic acids is 2. The Morgan fingerprint density at radius 1 is 1.00 bits per heavy atom. The van der Waals surface area contributed by atoms with Gasteiger partial charge in [-0.25, -0.2) is 4.79 Å². The van der Waals surface area contributed by atoms with E-state index in [0.717, 1.165) is 54.2 Å². The number of methoxy groups -OCH3 is 1. The number of fused-ring (bicyclic) bond motifs is 1. The normalized spacial score (nSPS) is 23.4. The van der Waals surface area contributed by atoms with E-state index in [4.69, 9.17) is 4.74 Å². The molecule has 8 nitrogen and oxygen atoms in total. The number of amides is 2. The first kappa shape index (κ1) is 23.1. The van der Waals surface area contributed by atoms with Crippen LogP contribution in [0, 0.1) is 5.92 Å². The fourth-order valence-corrected chi connectivity index (χ4v) is 6.43. The van der Waals surface area contributed by atoms with E-state index in [9.17, 15) is 14.4 Å². The summed E-state index contributed by atoms with van der Waals surface area (Å²) in [6.07, 6.45) is 9.49. The number of imide groups is 1. The van der Waals surface area contributed by atoms with Gasteiger partial charge in [0.1, 0.15) is 11.8 Å². The zero-order chi connectivity index (χ0) is 23.8. The van der Waals surface area contributed by atoms with Gasteiger partial charge in [-0.1, -0.05) is 19.3 Å². The van der Waals surface area contributed by atoms with Crippen molar-refractivity contribution in [3.8, 4) is 5.75 Å². The highest BCUT2D eigenvalue weighted by atomic mass is 16.5. The van der Waals surface area contributed by atoms with Gasteiger partial charge < -0.3 is 9.64 Å². The van der Waals surface area contributed by atoms with Crippen molar-refractivity contribution in [3.63, 3.8) is 0 Å². The van der Waals surface area contributed by atoms with Gasteiger partial charge in [0.25, 0.3) is 0 Å². The Kier molecular flexibility index (Phi) is 6.51. The van der Waals surface area contributed by atoms with E-state index in [0.29, 0.717) is 12.3 Å². The second-order valence-electron chi connectivity index (χ2n) is 10.3. The quantitative estimate of drug-likeness (QED) is 0.682. The van der Waals surface area contributed by atoms with Crippen molar-refractivity contribution in [3.05, 3.63) is 28.2 Å². The Morgan fingerprint density at radius 2 is 1.74 bits per heavy atom. The summed E-state index contributed by atoms with van der Waals surface area (Å²) in [5.41, 5.74) is 2.43. The summed E-state index contributed by atoms with van der Waals surface area (Å²) in [5.74, 6) is 1.25. The molecule has 2 saturated heterocycles. The van der Waals surface area contributed by atoms with Crippen molar-refractivity contribution in [2.24, 2.45) is 13.0 Å². The minimum absolute atomic E-state index is 0.228. The van der Waals surface area contributed by atoms with Gasteiger partial charge in [-0.3, -0.25) is 24.0 Å². The smallest absolute Gasteiger partial charge is 0.329 e. The molecule has 1 atom stereocenters. The van der Waals surface area contributed by atoms with Crippen LogP contribution in [0.4, 0.5) is 0 Å². The monoisotopic (exact) mass is 468 g/mol. The Labute approximate surface area is 200 Å². The number of imidazole rings is 1. The molecule has 5 rings (SSSR count). The van der Waals surface area contributed by atoms with Gasteiger partial charge in [-0.05, 0) is 69.2 Å². The summed E-state index contributed by atoms with van der Waals surface area (Å²) in [4.78, 5) is 40.2. The van der Waals surface area contributed by atoms with Crippen molar-refractivity contribution >= 4 is 22.8 Å². The third-order valence-electron chi connectivity index (χ3n) is 8.22. The van der Waals surface area contributed by atoms with E-state index in [2.05, 4.69) is 10.2 Å². The van der Waals surface area contributed by atoms with Gasteiger partial charge in [0.2, 0.25) is 11.8 Å². The topological polar surface area (TPSA) is 85.6 Å². The molecule has 3 fully saturated rings. The van der Waals surface area contributed by atoms with Gasteiger partial charge >= 0.3 is 5.69 Å². The molecular formula is C26H36N4O4. The lowest BCUT2D eigenvalue weighted by Crippen LogP contribution is -2.44. The Bertz CT molecular complexity index is 1140. The average Bonchev–Trinajstić information content (AvgIpc) is 3.10. The molecule has 2 aliphatic heterocycles. The lowest BCUT2D eigenvalue weighted by atomic mass is 9.85. The molecule has 8 heteroatoms. The average molecular weight is 469 g/mol. The number of hydrogen-bond acceptors (Lipinski definition) is 5. The van der Waals surface area contributed by atoms with Gasteiger partial charge in [0, 0.05) is 25.6 Å². The summed E-state index contributed by atoms with van der Waals surface area (Å²) >= 11 is 0. The number of piperidine rings is 2. The van der Waals surface area contributed by atoms with Gasteiger partial charge in [0.05, 0.1) is 18.1 Å². The molecule has 0 radical (unpaired) electrons. The van der Waals surface area contributed by atoms with Crippen molar-refractivity contribution in [1.82, 2.24) is 19.4 Å². The number of ether oxygens (including phenoxy) is 1. The number of aryl methyl sites for hydroxylation is 1. The van der Waals surface area contributed by atoms with Crippen LogP contribution in [0.25, 0.3) is 11.0 Å². The maximum atomic E-state index is 13.3.